The van der Waals surface area contributed by atoms with Gasteiger partial charge in [0.25, 0.3) is 0 Å². The van der Waals surface area contributed by atoms with E-state index in [0.29, 0.717) is 19.1 Å². The van der Waals surface area contributed by atoms with Crippen LogP contribution in [0.2, 0.25) is 0 Å². The number of benzene rings is 1. The minimum atomic E-state index is -4.07. The maximum Gasteiger partial charge on any atom is 0.186 e. The van der Waals surface area contributed by atoms with Crippen LogP contribution in [0.3, 0.4) is 0 Å². The van der Waals surface area contributed by atoms with Gasteiger partial charge in [0.2, 0.25) is 0 Å². The Morgan fingerprint density at radius 3 is 2.44 bits per heavy atom. The van der Waals surface area contributed by atoms with Crippen LogP contribution in [0.25, 0.3) is 0 Å². The van der Waals surface area contributed by atoms with Crippen LogP contribution in [0.1, 0.15) is 18.4 Å². The number of aromatic hydroxyl groups is 1. The molecule has 0 aliphatic heterocycles. The fourth-order valence-corrected chi connectivity index (χ4v) is 2.67. The molecule has 0 saturated heterocycles. The Kier molecular flexibility index (Phi) is 2.86. The third-order valence-electron chi connectivity index (χ3n) is 3.03. The number of phenols is 1. The van der Waals surface area contributed by atoms with Crippen LogP contribution < -0.4 is 5.73 Å². The molecule has 0 bridgehead atoms. The predicted molar refractivity (Wildman–Crippen MR) is 61.0 cm³/mol. The highest BCUT2D eigenvalue weighted by Crippen LogP contribution is 2.39. The summed E-state index contributed by atoms with van der Waals surface area (Å²) >= 11 is 0. The zero-order valence-corrected chi connectivity index (χ0v) is 10.5. The maximum atomic E-state index is 13.7. The standard InChI is InChI=1S/C11H13F2NO3S/c1-18(16,17)10-7(12)4-6(9(15)8(10)13)5-11(14)2-3-11/h4,15H,2-3,5,14H2,1H3. The molecule has 0 radical (unpaired) electrons. The summed E-state index contributed by atoms with van der Waals surface area (Å²) in [5.74, 6) is -3.49. The lowest BCUT2D eigenvalue weighted by Crippen LogP contribution is -2.25. The molecule has 1 aromatic carbocycles. The summed E-state index contributed by atoms with van der Waals surface area (Å²) in [6.07, 6.45) is 2.22. The Morgan fingerprint density at radius 2 is 2.00 bits per heavy atom. The number of phenolic OH excluding ortho intramolecular Hbond substituents is 1. The van der Waals surface area contributed by atoms with Gasteiger partial charge in [-0.1, -0.05) is 0 Å². The van der Waals surface area contributed by atoms with Gasteiger partial charge in [-0.05, 0) is 25.3 Å². The quantitative estimate of drug-likeness (QED) is 0.867. The third-order valence-corrected chi connectivity index (χ3v) is 4.15. The second-order valence-corrected chi connectivity index (χ2v) is 6.77. The van der Waals surface area contributed by atoms with Gasteiger partial charge in [-0.2, -0.15) is 0 Å². The van der Waals surface area contributed by atoms with E-state index in [1.165, 1.54) is 0 Å². The Balaban J connectivity index is 2.54. The molecule has 0 spiro atoms. The predicted octanol–water partition coefficient (Wildman–Crippen LogP) is 1.11. The normalized spacial score (nSPS) is 17.8. The summed E-state index contributed by atoms with van der Waals surface area (Å²) in [4.78, 5) is -1.11. The van der Waals surface area contributed by atoms with Gasteiger partial charge in [-0.25, -0.2) is 17.2 Å². The summed E-state index contributed by atoms with van der Waals surface area (Å²) < 4.78 is 49.8. The van der Waals surface area contributed by atoms with Crippen molar-refractivity contribution in [2.24, 2.45) is 5.73 Å². The van der Waals surface area contributed by atoms with Crippen molar-refractivity contribution in [1.29, 1.82) is 0 Å². The molecule has 0 unspecified atom stereocenters. The lowest BCUT2D eigenvalue weighted by Gasteiger charge is -2.13. The van der Waals surface area contributed by atoms with Gasteiger partial charge < -0.3 is 10.8 Å². The number of nitrogens with two attached hydrogens (primary N) is 1. The van der Waals surface area contributed by atoms with Gasteiger partial charge in [-0.15, -0.1) is 0 Å². The van der Waals surface area contributed by atoms with E-state index in [9.17, 15) is 22.3 Å². The number of sulfone groups is 1. The van der Waals surface area contributed by atoms with Gasteiger partial charge in [0, 0.05) is 17.4 Å². The molecule has 0 amide bonds. The van der Waals surface area contributed by atoms with E-state index in [1.807, 2.05) is 0 Å². The Hall–Kier alpha value is -1.21. The average molecular weight is 277 g/mol. The van der Waals surface area contributed by atoms with Crippen molar-refractivity contribution >= 4 is 9.84 Å². The summed E-state index contributed by atoms with van der Waals surface area (Å²) in [6.45, 7) is 0. The summed E-state index contributed by atoms with van der Waals surface area (Å²) in [6, 6.07) is 0.835. The molecule has 1 aliphatic rings. The maximum absolute atomic E-state index is 13.7. The minimum absolute atomic E-state index is 0.00241. The molecule has 0 atom stereocenters. The van der Waals surface area contributed by atoms with Crippen LogP contribution in [-0.2, 0) is 16.3 Å². The van der Waals surface area contributed by atoms with E-state index >= 15 is 0 Å². The highest BCUT2D eigenvalue weighted by atomic mass is 32.2. The first kappa shape index (κ1) is 13.2. The summed E-state index contributed by atoms with van der Waals surface area (Å²) in [5.41, 5.74) is 5.26. The molecular weight excluding hydrogens is 264 g/mol. The Bertz CT molecular complexity index is 609. The van der Waals surface area contributed by atoms with Crippen molar-refractivity contribution in [3.63, 3.8) is 0 Å². The monoisotopic (exact) mass is 277 g/mol. The minimum Gasteiger partial charge on any atom is -0.505 e. The number of hydrogen-bond donors (Lipinski definition) is 2. The van der Waals surface area contributed by atoms with E-state index in [2.05, 4.69) is 0 Å². The van der Waals surface area contributed by atoms with E-state index in [0.717, 1.165) is 6.07 Å². The molecule has 1 aliphatic carbocycles. The molecule has 0 heterocycles. The van der Waals surface area contributed by atoms with Crippen LogP contribution in [0.5, 0.6) is 5.75 Å². The number of halogens is 2. The highest BCUT2D eigenvalue weighted by Gasteiger charge is 2.39. The van der Waals surface area contributed by atoms with Crippen molar-refractivity contribution in [3.8, 4) is 5.75 Å². The first-order chi connectivity index (χ1) is 8.14. The second kappa shape index (κ2) is 3.89. The van der Waals surface area contributed by atoms with E-state index in [1.54, 1.807) is 0 Å². The van der Waals surface area contributed by atoms with Gasteiger partial charge >= 0.3 is 0 Å². The molecule has 7 heteroatoms. The summed E-state index contributed by atoms with van der Waals surface area (Å²) in [7, 11) is -4.07. The first-order valence-electron chi connectivity index (χ1n) is 5.33. The van der Waals surface area contributed by atoms with E-state index in [4.69, 9.17) is 5.73 Å². The molecule has 2 rings (SSSR count). The fraction of sp³-hybridized carbons (Fsp3) is 0.455. The van der Waals surface area contributed by atoms with Crippen LogP contribution in [0.4, 0.5) is 8.78 Å². The molecular formula is C11H13F2NO3S. The molecule has 1 fully saturated rings. The zero-order valence-electron chi connectivity index (χ0n) is 9.70. The SMILES string of the molecule is CS(=O)(=O)c1c(F)cc(CC2(N)CC2)c(O)c1F. The van der Waals surface area contributed by atoms with Gasteiger partial charge in [-0.3, -0.25) is 0 Å². The largest absolute Gasteiger partial charge is 0.505 e. The third kappa shape index (κ3) is 2.32. The van der Waals surface area contributed by atoms with E-state index in [-0.39, 0.29) is 12.0 Å². The van der Waals surface area contributed by atoms with Crippen LogP contribution in [0.15, 0.2) is 11.0 Å². The lowest BCUT2D eigenvalue weighted by molar-refractivity contribution is 0.403. The average Bonchev–Trinajstić information content (AvgIpc) is 2.90. The van der Waals surface area contributed by atoms with Crippen LogP contribution in [0, 0.1) is 11.6 Å². The van der Waals surface area contributed by atoms with Crippen molar-refractivity contribution < 1.29 is 22.3 Å². The van der Waals surface area contributed by atoms with Gasteiger partial charge in [0.05, 0.1) is 0 Å². The number of rotatable bonds is 3. The van der Waals surface area contributed by atoms with Crippen LogP contribution >= 0.6 is 0 Å². The highest BCUT2D eigenvalue weighted by molar-refractivity contribution is 7.90. The topological polar surface area (TPSA) is 80.4 Å². The summed E-state index contributed by atoms with van der Waals surface area (Å²) in [5, 5.41) is 9.60. The molecule has 3 N–H and O–H groups in total. The Labute approximate surface area is 103 Å². The van der Waals surface area contributed by atoms with Crippen molar-refractivity contribution in [2.75, 3.05) is 6.26 Å². The van der Waals surface area contributed by atoms with Gasteiger partial charge in [0.1, 0.15) is 10.7 Å². The second-order valence-electron chi connectivity index (χ2n) is 4.82. The smallest absolute Gasteiger partial charge is 0.186 e. The Morgan fingerprint density at radius 1 is 1.44 bits per heavy atom. The van der Waals surface area contributed by atoms with Crippen LogP contribution in [-0.4, -0.2) is 25.3 Å². The fourth-order valence-electron chi connectivity index (χ4n) is 1.83. The zero-order chi connectivity index (χ0) is 13.7. The molecule has 1 aromatic rings. The molecule has 0 aromatic heterocycles. The van der Waals surface area contributed by atoms with E-state index < -0.39 is 37.7 Å². The molecule has 1 saturated carbocycles. The lowest BCUT2D eigenvalue weighted by atomic mass is 10.0. The van der Waals surface area contributed by atoms with Crippen molar-refractivity contribution in [2.45, 2.75) is 29.7 Å². The molecule has 18 heavy (non-hydrogen) atoms. The number of hydrogen-bond acceptors (Lipinski definition) is 4. The van der Waals surface area contributed by atoms with Gasteiger partial charge in [0.15, 0.2) is 21.4 Å². The van der Waals surface area contributed by atoms with Crippen molar-refractivity contribution in [1.82, 2.24) is 0 Å². The molecule has 100 valence electrons. The molecule has 4 nitrogen and oxygen atoms in total. The first-order valence-corrected chi connectivity index (χ1v) is 7.22. The van der Waals surface area contributed by atoms with Crippen molar-refractivity contribution in [3.05, 3.63) is 23.3 Å².